The van der Waals surface area contributed by atoms with E-state index in [0.717, 1.165) is 5.69 Å². The van der Waals surface area contributed by atoms with E-state index in [1.807, 2.05) is 30.0 Å². The first-order valence-corrected chi connectivity index (χ1v) is 5.60. The standard InChI is InChI=1S/C12H17F3N2/c1-2-17(9-5-8-12(13,14)15)11-7-4-3-6-10(11)16/h3-4,6-7H,2,5,8-9,16H2,1H3. The number of rotatable bonds is 5. The van der Waals surface area contributed by atoms with Crippen molar-refractivity contribution in [2.24, 2.45) is 0 Å². The second-order valence-electron chi connectivity index (χ2n) is 3.86. The number of nitrogens with two attached hydrogens (primary N) is 1. The lowest BCUT2D eigenvalue weighted by atomic mass is 10.2. The van der Waals surface area contributed by atoms with Gasteiger partial charge in [0.05, 0.1) is 11.4 Å². The molecule has 0 heterocycles. The Bertz CT molecular complexity index is 350. The number of nitrogen functional groups attached to an aromatic ring is 1. The van der Waals surface area contributed by atoms with Gasteiger partial charge in [0.2, 0.25) is 0 Å². The van der Waals surface area contributed by atoms with Crippen LogP contribution in [-0.4, -0.2) is 19.3 Å². The fourth-order valence-corrected chi connectivity index (χ4v) is 1.69. The summed E-state index contributed by atoms with van der Waals surface area (Å²) in [6, 6.07) is 7.22. The molecule has 0 aliphatic heterocycles. The average Bonchev–Trinajstić information content (AvgIpc) is 2.24. The van der Waals surface area contributed by atoms with Crippen LogP contribution in [0.25, 0.3) is 0 Å². The van der Waals surface area contributed by atoms with Gasteiger partial charge in [-0.2, -0.15) is 13.2 Å². The smallest absolute Gasteiger partial charge is 0.389 e. The lowest BCUT2D eigenvalue weighted by Crippen LogP contribution is -2.26. The molecule has 0 unspecified atom stereocenters. The maximum atomic E-state index is 12.0. The van der Waals surface area contributed by atoms with Crippen LogP contribution in [-0.2, 0) is 0 Å². The Morgan fingerprint density at radius 3 is 2.41 bits per heavy atom. The van der Waals surface area contributed by atoms with E-state index < -0.39 is 12.6 Å². The van der Waals surface area contributed by atoms with Gasteiger partial charge in [-0.15, -0.1) is 0 Å². The summed E-state index contributed by atoms with van der Waals surface area (Å²) in [6.07, 6.45) is -4.75. The number of alkyl halides is 3. The minimum Gasteiger partial charge on any atom is -0.397 e. The van der Waals surface area contributed by atoms with Crippen LogP contribution in [0.5, 0.6) is 0 Å². The molecule has 0 radical (unpaired) electrons. The second-order valence-corrected chi connectivity index (χ2v) is 3.86. The molecule has 1 aromatic carbocycles. The molecule has 0 saturated heterocycles. The Kier molecular flexibility index (Phi) is 4.66. The third-order valence-corrected chi connectivity index (χ3v) is 2.55. The van der Waals surface area contributed by atoms with Crippen LogP contribution in [0.4, 0.5) is 24.5 Å². The van der Waals surface area contributed by atoms with Gasteiger partial charge in [0.1, 0.15) is 0 Å². The van der Waals surface area contributed by atoms with Crippen molar-refractivity contribution in [3.05, 3.63) is 24.3 Å². The molecule has 1 aromatic rings. The number of hydrogen-bond donors (Lipinski definition) is 1. The molecular formula is C12H17F3N2. The number of benzene rings is 1. The molecule has 96 valence electrons. The van der Waals surface area contributed by atoms with Crippen LogP contribution < -0.4 is 10.6 Å². The van der Waals surface area contributed by atoms with E-state index in [9.17, 15) is 13.2 Å². The summed E-state index contributed by atoms with van der Waals surface area (Å²) in [6.45, 7) is 2.91. The Labute approximate surface area is 99.2 Å². The summed E-state index contributed by atoms with van der Waals surface area (Å²) < 4.78 is 36.1. The van der Waals surface area contributed by atoms with Gasteiger partial charge in [-0.1, -0.05) is 12.1 Å². The third-order valence-electron chi connectivity index (χ3n) is 2.55. The van der Waals surface area contributed by atoms with Crippen molar-refractivity contribution in [3.63, 3.8) is 0 Å². The molecule has 0 fully saturated rings. The Balaban J connectivity index is 2.58. The molecule has 2 nitrogen and oxygen atoms in total. The largest absolute Gasteiger partial charge is 0.397 e. The highest BCUT2D eigenvalue weighted by Gasteiger charge is 2.26. The molecule has 0 amide bonds. The van der Waals surface area contributed by atoms with Crippen LogP contribution in [0.15, 0.2) is 24.3 Å². The van der Waals surface area contributed by atoms with Gasteiger partial charge in [-0.3, -0.25) is 0 Å². The Morgan fingerprint density at radius 2 is 1.88 bits per heavy atom. The zero-order valence-corrected chi connectivity index (χ0v) is 9.80. The first-order valence-electron chi connectivity index (χ1n) is 5.60. The predicted octanol–water partition coefficient (Wildman–Crippen LogP) is 3.44. The first-order chi connectivity index (χ1) is 7.94. The molecule has 0 aliphatic rings. The number of halogens is 3. The van der Waals surface area contributed by atoms with Gasteiger partial charge in [0, 0.05) is 19.5 Å². The van der Waals surface area contributed by atoms with Crippen molar-refractivity contribution in [1.29, 1.82) is 0 Å². The fourth-order valence-electron chi connectivity index (χ4n) is 1.69. The lowest BCUT2D eigenvalue weighted by Gasteiger charge is -2.24. The molecule has 0 bridgehead atoms. The molecule has 17 heavy (non-hydrogen) atoms. The minimum atomic E-state index is -4.08. The molecule has 1 rings (SSSR count). The fraction of sp³-hybridized carbons (Fsp3) is 0.500. The van der Waals surface area contributed by atoms with Gasteiger partial charge >= 0.3 is 6.18 Å². The monoisotopic (exact) mass is 246 g/mol. The predicted molar refractivity (Wildman–Crippen MR) is 64.0 cm³/mol. The molecular weight excluding hydrogens is 229 g/mol. The Hall–Kier alpha value is -1.39. The third kappa shape index (κ3) is 4.54. The molecule has 0 aliphatic carbocycles. The summed E-state index contributed by atoms with van der Waals surface area (Å²) in [7, 11) is 0. The number of para-hydroxylation sites is 2. The molecule has 0 saturated carbocycles. The van der Waals surface area contributed by atoms with Crippen molar-refractivity contribution in [2.75, 3.05) is 23.7 Å². The van der Waals surface area contributed by atoms with Crippen LogP contribution in [0.3, 0.4) is 0 Å². The van der Waals surface area contributed by atoms with Crippen LogP contribution in [0.2, 0.25) is 0 Å². The summed E-state index contributed by atoms with van der Waals surface area (Å²) in [5, 5.41) is 0. The summed E-state index contributed by atoms with van der Waals surface area (Å²) in [5.74, 6) is 0. The maximum Gasteiger partial charge on any atom is 0.389 e. The number of hydrogen-bond acceptors (Lipinski definition) is 2. The quantitative estimate of drug-likeness (QED) is 0.806. The van der Waals surface area contributed by atoms with E-state index >= 15 is 0 Å². The maximum absolute atomic E-state index is 12.0. The van der Waals surface area contributed by atoms with Gasteiger partial charge in [-0.25, -0.2) is 0 Å². The van der Waals surface area contributed by atoms with E-state index in [2.05, 4.69) is 0 Å². The Morgan fingerprint density at radius 1 is 1.24 bits per heavy atom. The molecule has 5 heteroatoms. The average molecular weight is 246 g/mol. The van der Waals surface area contributed by atoms with E-state index in [1.54, 1.807) is 6.07 Å². The van der Waals surface area contributed by atoms with Crippen molar-refractivity contribution in [3.8, 4) is 0 Å². The topological polar surface area (TPSA) is 29.3 Å². The highest BCUT2D eigenvalue weighted by Crippen LogP contribution is 2.25. The summed E-state index contributed by atoms with van der Waals surface area (Å²) in [4.78, 5) is 1.86. The zero-order chi connectivity index (χ0) is 12.9. The van der Waals surface area contributed by atoms with E-state index in [1.165, 1.54) is 0 Å². The zero-order valence-electron chi connectivity index (χ0n) is 9.80. The van der Waals surface area contributed by atoms with Crippen molar-refractivity contribution in [2.45, 2.75) is 25.9 Å². The highest BCUT2D eigenvalue weighted by atomic mass is 19.4. The van der Waals surface area contributed by atoms with Crippen LogP contribution in [0, 0.1) is 0 Å². The lowest BCUT2D eigenvalue weighted by molar-refractivity contribution is -0.135. The first kappa shape index (κ1) is 13.7. The SMILES string of the molecule is CCN(CCCC(F)(F)F)c1ccccc1N. The van der Waals surface area contributed by atoms with Crippen LogP contribution >= 0.6 is 0 Å². The molecule has 2 N–H and O–H groups in total. The molecule has 0 atom stereocenters. The van der Waals surface area contributed by atoms with Gasteiger partial charge in [0.25, 0.3) is 0 Å². The minimum absolute atomic E-state index is 0.0890. The van der Waals surface area contributed by atoms with Gasteiger partial charge < -0.3 is 10.6 Å². The van der Waals surface area contributed by atoms with Gasteiger partial charge in [0.15, 0.2) is 0 Å². The van der Waals surface area contributed by atoms with Crippen molar-refractivity contribution >= 4 is 11.4 Å². The normalized spacial score (nSPS) is 11.5. The van der Waals surface area contributed by atoms with E-state index in [4.69, 9.17) is 5.73 Å². The van der Waals surface area contributed by atoms with Gasteiger partial charge in [-0.05, 0) is 25.5 Å². The number of nitrogens with zero attached hydrogens (tertiary/aromatic N) is 1. The molecule has 0 aromatic heterocycles. The highest BCUT2D eigenvalue weighted by molar-refractivity contribution is 5.67. The van der Waals surface area contributed by atoms with Crippen LogP contribution in [0.1, 0.15) is 19.8 Å². The second kappa shape index (κ2) is 5.80. The van der Waals surface area contributed by atoms with E-state index in [-0.39, 0.29) is 6.42 Å². The van der Waals surface area contributed by atoms with Crippen molar-refractivity contribution < 1.29 is 13.2 Å². The van der Waals surface area contributed by atoms with E-state index in [0.29, 0.717) is 18.8 Å². The number of anilines is 2. The van der Waals surface area contributed by atoms with Crippen molar-refractivity contribution in [1.82, 2.24) is 0 Å². The summed E-state index contributed by atoms with van der Waals surface area (Å²) >= 11 is 0. The summed E-state index contributed by atoms with van der Waals surface area (Å²) in [5.41, 5.74) is 7.19. The molecule has 0 spiro atoms.